The van der Waals surface area contributed by atoms with Crippen molar-refractivity contribution in [3.05, 3.63) is 83.2 Å². The second-order valence-corrected chi connectivity index (χ2v) is 8.96. The van der Waals surface area contributed by atoms with Gasteiger partial charge in [0.2, 0.25) is 0 Å². The molecule has 178 valence electrons. The summed E-state index contributed by atoms with van der Waals surface area (Å²) in [6.07, 6.45) is 7.97. The summed E-state index contributed by atoms with van der Waals surface area (Å²) in [6.45, 7) is 0. The van der Waals surface area contributed by atoms with Gasteiger partial charge < -0.3 is 4.90 Å². The van der Waals surface area contributed by atoms with Gasteiger partial charge in [-0.3, -0.25) is 9.48 Å². The van der Waals surface area contributed by atoms with Crippen molar-refractivity contribution in [3.8, 4) is 17.1 Å². The van der Waals surface area contributed by atoms with Gasteiger partial charge in [-0.15, -0.1) is 0 Å². The van der Waals surface area contributed by atoms with Crippen LogP contribution in [0.15, 0.2) is 48.9 Å². The van der Waals surface area contributed by atoms with E-state index in [2.05, 4.69) is 15.2 Å². The molecule has 1 aromatic carbocycles. The molecule has 10 heteroatoms. The number of pyridine rings is 1. The largest absolute Gasteiger partial charge is 0.327 e. The number of aryl methyl sites for hydroxylation is 1. The van der Waals surface area contributed by atoms with Gasteiger partial charge in [-0.25, -0.2) is 22.8 Å². The van der Waals surface area contributed by atoms with Gasteiger partial charge in [0.15, 0.2) is 23.3 Å². The molecule has 0 aliphatic carbocycles. The number of fused-ring (bicyclic) bond motifs is 4. The van der Waals surface area contributed by atoms with Crippen LogP contribution < -0.4 is 0 Å². The number of hydrogen-bond donors (Lipinski definition) is 0. The molecule has 1 saturated heterocycles. The summed E-state index contributed by atoms with van der Waals surface area (Å²) in [5.41, 5.74) is 2.85. The van der Waals surface area contributed by atoms with Crippen LogP contribution in [0.3, 0.4) is 0 Å². The number of rotatable bonds is 3. The van der Waals surface area contributed by atoms with E-state index < -0.39 is 17.5 Å². The summed E-state index contributed by atoms with van der Waals surface area (Å²) in [7, 11) is 1.70. The SMILES string of the molecule is Cn1nc2c(c1-c1cc(F)c(F)c(F)c1)C[C@H]1CCC[C@@H]2N1C(=O)c1ccnc(-n2cccn2)c1. The molecule has 0 saturated carbocycles. The highest BCUT2D eigenvalue weighted by atomic mass is 19.2. The number of piperidine rings is 1. The van der Waals surface area contributed by atoms with Crippen molar-refractivity contribution in [1.29, 1.82) is 0 Å². The molecule has 35 heavy (non-hydrogen) atoms. The van der Waals surface area contributed by atoms with Gasteiger partial charge in [-0.2, -0.15) is 10.2 Å². The lowest BCUT2D eigenvalue weighted by Gasteiger charge is -2.45. The monoisotopic (exact) mass is 478 g/mol. The number of hydrogen-bond acceptors (Lipinski definition) is 4. The van der Waals surface area contributed by atoms with Gasteiger partial charge in [0.1, 0.15) is 0 Å². The smallest absolute Gasteiger partial charge is 0.254 e. The lowest BCUT2D eigenvalue weighted by atomic mass is 9.81. The molecule has 0 N–H and O–H groups in total. The molecule has 6 rings (SSSR count). The average Bonchev–Trinajstić information content (AvgIpc) is 3.50. The van der Waals surface area contributed by atoms with Crippen LogP contribution >= 0.6 is 0 Å². The van der Waals surface area contributed by atoms with E-state index in [9.17, 15) is 18.0 Å². The molecule has 1 fully saturated rings. The molecule has 5 heterocycles. The van der Waals surface area contributed by atoms with E-state index in [-0.39, 0.29) is 23.6 Å². The van der Waals surface area contributed by atoms with Gasteiger partial charge in [0.25, 0.3) is 5.91 Å². The lowest BCUT2D eigenvalue weighted by Crippen LogP contribution is -2.49. The predicted molar refractivity (Wildman–Crippen MR) is 120 cm³/mol. The quantitative estimate of drug-likeness (QED) is 0.410. The number of carbonyl (C=O) groups excluding carboxylic acids is 1. The molecule has 2 bridgehead atoms. The summed E-state index contributed by atoms with van der Waals surface area (Å²) < 4.78 is 44.8. The van der Waals surface area contributed by atoms with Crippen LogP contribution in [-0.4, -0.2) is 41.4 Å². The minimum absolute atomic E-state index is 0.0897. The Morgan fingerprint density at radius 2 is 1.89 bits per heavy atom. The Labute approximate surface area is 198 Å². The summed E-state index contributed by atoms with van der Waals surface area (Å²) >= 11 is 0. The van der Waals surface area contributed by atoms with Gasteiger partial charge >= 0.3 is 0 Å². The highest BCUT2D eigenvalue weighted by molar-refractivity contribution is 5.95. The van der Waals surface area contributed by atoms with E-state index >= 15 is 0 Å². The Balaban J connectivity index is 1.40. The summed E-state index contributed by atoms with van der Waals surface area (Å²) in [5.74, 6) is -3.55. The Morgan fingerprint density at radius 1 is 1.09 bits per heavy atom. The molecule has 1 amide bonds. The molecular formula is C25H21F3N6O. The Bertz CT molecular complexity index is 1420. The van der Waals surface area contributed by atoms with Crippen LogP contribution in [0.4, 0.5) is 13.2 Å². The minimum Gasteiger partial charge on any atom is -0.327 e. The van der Waals surface area contributed by atoms with Gasteiger partial charge in [0.05, 0.1) is 17.4 Å². The number of amides is 1. The highest BCUT2D eigenvalue weighted by Crippen LogP contribution is 2.45. The van der Waals surface area contributed by atoms with Crippen LogP contribution in [0.1, 0.15) is 46.9 Å². The molecule has 0 unspecified atom stereocenters. The molecule has 0 spiro atoms. The van der Waals surface area contributed by atoms with E-state index in [4.69, 9.17) is 0 Å². The Morgan fingerprint density at radius 3 is 2.63 bits per heavy atom. The van der Waals surface area contributed by atoms with Gasteiger partial charge in [-0.1, -0.05) is 0 Å². The van der Waals surface area contributed by atoms with E-state index in [1.54, 1.807) is 53.2 Å². The molecule has 2 aliphatic heterocycles. The van der Waals surface area contributed by atoms with Crippen LogP contribution in [0.25, 0.3) is 17.1 Å². The van der Waals surface area contributed by atoms with Crippen molar-refractivity contribution in [2.75, 3.05) is 0 Å². The maximum Gasteiger partial charge on any atom is 0.254 e. The van der Waals surface area contributed by atoms with Crippen molar-refractivity contribution >= 4 is 5.91 Å². The topological polar surface area (TPSA) is 68.8 Å². The zero-order valence-electron chi connectivity index (χ0n) is 18.8. The van der Waals surface area contributed by atoms with Crippen molar-refractivity contribution < 1.29 is 18.0 Å². The van der Waals surface area contributed by atoms with Crippen LogP contribution in [0.2, 0.25) is 0 Å². The fourth-order valence-corrected chi connectivity index (χ4v) is 5.43. The van der Waals surface area contributed by atoms with E-state index in [0.29, 0.717) is 23.5 Å². The summed E-state index contributed by atoms with van der Waals surface area (Å²) in [4.78, 5) is 19.9. The number of nitrogens with zero attached hydrogens (tertiary/aromatic N) is 6. The molecule has 7 nitrogen and oxygen atoms in total. The lowest BCUT2D eigenvalue weighted by molar-refractivity contribution is 0.0391. The zero-order valence-corrected chi connectivity index (χ0v) is 18.8. The Kier molecular flexibility index (Phi) is 4.98. The van der Waals surface area contributed by atoms with E-state index in [0.717, 1.165) is 42.7 Å². The fourth-order valence-electron chi connectivity index (χ4n) is 5.43. The normalized spacial score (nSPS) is 19.0. The third-order valence-corrected chi connectivity index (χ3v) is 6.90. The first-order valence-electron chi connectivity index (χ1n) is 11.4. The third kappa shape index (κ3) is 3.43. The maximum atomic E-state index is 14.0. The van der Waals surface area contributed by atoms with Crippen molar-refractivity contribution in [2.24, 2.45) is 7.05 Å². The van der Waals surface area contributed by atoms with E-state index in [1.165, 1.54) is 0 Å². The molecule has 2 atom stereocenters. The fraction of sp³-hybridized carbons (Fsp3) is 0.280. The molecular weight excluding hydrogens is 457 g/mol. The van der Waals surface area contributed by atoms with Crippen LogP contribution in [0, 0.1) is 17.5 Å². The van der Waals surface area contributed by atoms with Gasteiger partial charge in [-0.05, 0) is 56.0 Å². The second kappa shape index (κ2) is 8.07. The number of halogens is 3. The van der Waals surface area contributed by atoms with Crippen molar-refractivity contribution in [2.45, 2.75) is 37.8 Å². The first-order chi connectivity index (χ1) is 16.9. The van der Waals surface area contributed by atoms with Gasteiger partial charge in [0, 0.05) is 48.4 Å². The second-order valence-electron chi connectivity index (χ2n) is 8.96. The van der Waals surface area contributed by atoms with Crippen LogP contribution in [-0.2, 0) is 13.5 Å². The van der Waals surface area contributed by atoms with Crippen LogP contribution in [0.5, 0.6) is 0 Å². The maximum absolute atomic E-state index is 14.0. The molecule has 0 radical (unpaired) electrons. The standard InChI is InChI=1S/C25H21F3N6O/c1-32-24(15-10-18(26)22(28)19(27)11-15)17-13-16-4-2-5-20(23(17)31-32)34(16)25(35)14-6-8-29-21(12-14)33-9-3-7-30-33/h3,6-12,16,20H,2,4-5,13H2,1H3/t16-,20+/m1/s1. The summed E-state index contributed by atoms with van der Waals surface area (Å²) in [5, 5.41) is 8.86. The van der Waals surface area contributed by atoms with E-state index in [1.807, 2.05) is 4.90 Å². The minimum atomic E-state index is -1.50. The molecule has 4 aromatic rings. The number of carbonyl (C=O) groups is 1. The first kappa shape index (κ1) is 21.6. The average molecular weight is 478 g/mol. The zero-order chi connectivity index (χ0) is 24.3. The Hall–Kier alpha value is -3.95. The first-order valence-corrected chi connectivity index (χ1v) is 11.4. The number of aromatic nitrogens is 5. The summed E-state index contributed by atoms with van der Waals surface area (Å²) in [6, 6.07) is 6.83. The molecule has 3 aromatic heterocycles. The third-order valence-electron chi connectivity index (χ3n) is 6.90. The van der Waals surface area contributed by atoms with Crippen molar-refractivity contribution in [3.63, 3.8) is 0 Å². The van der Waals surface area contributed by atoms with Crippen molar-refractivity contribution in [1.82, 2.24) is 29.4 Å². The number of benzene rings is 1. The predicted octanol–water partition coefficient (Wildman–Crippen LogP) is 4.38. The highest BCUT2D eigenvalue weighted by Gasteiger charge is 2.43. The molecule has 2 aliphatic rings.